The third kappa shape index (κ3) is 3.57. The highest BCUT2D eigenvalue weighted by Crippen LogP contribution is 2.19. The Morgan fingerprint density at radius 2 is 2.08 bits per heavy atom. The van der Waals surface area contributed by atoms with Crippen molar-refractivity contribution in [3.63, 3.8) is 0 Å². The van der Waals surface area contributed by atoms with E-state index in [0.717, 1.165) is 12.8 Å². The number of esters is 1. The number of carbonyl (C=O) groups excluding carboxylic acids is 2. The second-order valence-electron chi connectivity index (χ2n) is 3.38. The summed E-state index contributed by atoms with van der Waals surface area (Å²) in [6.07, 6.45) is 2.99. The van der Waals surface area contributed by atoms with Crippen LogP contribution in [0.3, 0.4) is 0 Å². The molecule has 0 fully saturated rings. The van der Waals surface area contributed by atoms with Gasteiger partial charge in [-0.1, -0.05) is 20.3 Å². The topological polar surface area (TPSA) is 43.4 Å². The van der Waals surface area contributed by atoms with Crippen molar-refractivity contribution in [2.45, 2.75) is 40.0 Å². The summed E-state index contributed by atoms with van der Waals surface area (Å²) in [5.41, 5.74) is -0.951. The van der Waals surface area contributed by atoms with Crippen molar-refractivity contribution in [1.29, 1.82) is 0 Å². The predicted molar refractivity (Wildman–Crippen MR) is 50.3 cm³/mol. The van der Waals surface area contributed by atoms with Gasteiger partial charge in [-0.2, -0.15) is 0 Å². The number of ether oxygens (including phenoxy) is 1. The van der Waals surface area contributed by atoms with E-state index in [1.807, 2.05) is 6.92 Å². The fourth-order valence-corrected chi connectivity index (χ4v) is 0.750. The number of unbranched alkanes of at least 4 members (excludes halogenated alkanes) is 1. The molecule has 0 spiro atoms. The Kier molecular flexibility index (Phi) is 5.35. The van der Waals surface area contributed by atoms with Crippen LogP contribution in [0.1, 0.15) is 40.0 Å². The number of hydrogen-bond donors (Lipinski definition) is 0. The Hall–Kier alpha value is -0.860. The SMILES string of the molecule is CCCCOC(=O)C(C)(C=O)CC. The van der Waals surface area contributed by atoms with Crippen molar-refractivity contribution in [1.82, 2.24) is 0 Å². The molecule has 0 aliphatic carbocycles. The molecule has 0 aliphatic rings. The fourth-order valence-electron chi connectivity index (χ4n) is 0.750. The Morgan fingerprint density at radius 1 is 1.46 bits per heavy atom. The van der Waals surface area contributed by atoms with Crippen LogP contribution in [0.2, 0.25) is 0 Å². The van der Waals surface area contributed by atoms with Crippen LogP contribution in [0.5, 0.6) is 0 Å². The Morgan fingerprint density at radius 3 is 2.46 bits per heavy atom. The van der Waals surface area contributed by atoms with E-state index in [1.54, 1.807) is 13.8 Å². The van der Waals surface area contributed by atoms with E-state index >= 15 is 0 Å². The molecule has 1 unspecified atom stereocenters. The highest BCUT2D eigenvalue weighted by molar-refractivity contribution is 5.92. The van der Waals surface area contributed by atoms with E-state index in [2.05, 4.69) is 0 Å². The molecule has 3 heteroatoms. The molecule has 0 saturated heterocycles. The maximum absolute atomic E-state index is 11.3. The summed E-state index contributed by atoms with van der Waals surface area (Å²) in [5.74, 6) is -0.404. The van der Waals surface area contributed by atoms with E-state index in [9.17, 15) is 9.59 Å². The molecule has 0 heterocycles. The van der Waals surface area contributed by atoms with Gasteiger partial charge in [0.1, 0.15) is 11.7 Å². The van der Waals surface area contributed by atoms with Gasteiger partial charge in [-0.25, -0.2) is 0 Å². The van der Waals surface area contributed by atoms with Gasteiger partial charge >= 0.3 is 5.97 Å². The fraction of sp³-hybridized carbons (Fsp3) is 0.800. The standard InChI is InChI=1S/C10H18O3/c1-4-6-7-13-9(12)10(3,5-2)8-11/h8H,4-7H2,1-3H3. The van der Waals surface area contributed by atoms with E-state index < -0.39 is 11.4 Å². The highest BCUT2D eigenvalue weighted by Gasteiger charge is 2.32. The van der Waals surface area contributed by atoms with Crippen LogP contribution in [0.15, 0.2) is 0 Å². The molecule has 0 bridgehead atoms. The number of hydrogen-bond acceptors (Lipinski definition) is 3. The lowest BCUT2D eigenvalue weighted by atomic mass is 9.90. The predicted octanol–water partition coefficient (Wildman–Crippen LogP) is 1.94. The van der Waals surface area contributed by atoms with Gasteiger partial charge in [-0.3, -0.25) is 4.79 Å². The summed E-state index contributed by atoms with van der Waals surface area (Å²) in [7, 11) is 0. The van der Waals surface area contributed by atoms with Crippen LogP contribution in [-0.4, -0.2) is 18.9 Å². The molecule has 0 radical (unpaired) electrons. The second-order valence-corrected chi connectivity index (χ2v) is 3.38. The average Bonchev–Trinajstić information content (AvgIpc) is 2.17. The molecule has 0 aromatic heterocycles. The van der Waals surface area contributed by atoms with Crippen LogP contribution in [-0.2, 0) is 14.3 Å². The summed E-state index contributed by atoms with van der Waals surface area (Å²) in [4.78, 5) is 22.0. The normalized spacial score (nSPS) is 14.7. The molecule has 0 aliphatic heterocycles. The quantitative estimate of drug-likeness (QED) is 0.275. The Labute approximate surface area is 79.5 Å². The minimum absolute atomic E-state index is 0.404. The minimum Gasteiger partial charge on any atom is -0.465 e. The lowest BCUT2D eigenvalue weighted by Gasteiger charge is -2.18. The molecule has 0 saturated carbocycles. The third-order valence-electron chi connectivity index (χ3n) is 2.19. The molecule has 3 nitrogen and oxygen atoms in total. The molecular formula is C10H18O3. The lowest BCUT2D eigenvalue weighted by molar-refractivity contribution is -0.156. The van der Waals surface area contributed by atoms with Gasteiger partial charge in [0, 0.05) is 0 Å². The molecule has 13 heavy (non-hydrogen) atoms. The van der Waals surface area contributed by atoms with E-state index in [4.69, 9.17) is 4.74 Å². The van der Waals surface area contributed by atoms with Gasteiger partial charge in [0.15, 0.2) is 0 Å². The maximum Gasteiger partial charge on any atom is 0.319 e. The average molecular weight is 186 g/mol. The number of rotatable bonds is 6. The van der Waals surface area contributed by atoms with Crippen molar-refractivity contribution in [3.8, 4) is 0 Å². The summed E-state index contributed by atoms with van der Waals surface area (Å²) in [5, 5.41) is 0. The summed E-state index contributed by atoms with van der Waals surface area (Å²) in [6, 6.07) is 0. The van der Waals surface area contributed by atoms with Crippen molar-refractivity contribution in [2.75, 3.05) is 6.61 Å². The van der Waals surface area contributed by atoms with Gasteiger partial charge < -0.3 is 9.53 Å². The number of aldehydes is 1. The van der Waals surface area contributed by atoms with E-state index in [1.165, 1.54) is 0 Å². The summed E-state index contributed by atoms with van der Waals surface area (Å²) < 4.78 is 4.96. The molecule has 0 rings (SSSR count). The minimum atomic E-state index is -0.951. The maximum atomic E-state index is 11.3. The van der Waals surface area contributed by atoms with Gasteiger partial charge in [-0.15, -0.1) is 0 Å². The van der Waals surface area contributed by atoms with Crippen molar-refractivity contribution >= 4 is 12.3 Å². The van der Waals surface area contributed by atoms with Gasteiger partial charge in [0.2, 0.25) is 0 Å². The van der Waals surface area contributed by atoms with E-state index in [-0.39, 0.29) is 0 Å². The van der Waals surface area contributed by atoms with Crippen molar-refractivity contribution < 1.29 is 14.3 Å². The second kappa shape index (κ2) is 5.73. The highest BCUT2D eigenvalue weighted by atomic mass is 16.5. The Balaban J connectivity index is 4.00. The molecule has 0 N–H and O–H groups in total. The van der Waals surface area contributed by atoms with Gasteiger partial charge in [-0.05, 0) is 19.8 Å². The van der Waals surface area contributed by atoms with Crippen LogP contribution < -0.4 is 0 Å². The van der Waals surface area contributed by atoms with Crippen LogP contribution in [0.25, 0.3) is 0 Å². The summed E-state index contributed by atoms with van der Waals surface area (Å²) in [6.45, 7) is 5.84. The largest absolute Gasteiger partial charge is 0.465 e. The van der Waals surface area contributed by atoms with Gasteiger partial charge in [0.25, 0.3) is 0 Å². The zero-order valence-corrected chi connectivity index (χ0v) is 8.63. The molecule has 0 amide bonds. The zero-order chi connectivity index (χ0) is 10.3. The van der Waals surface area contributed by atoms with Crippen LogP contribution in [0, 0.1) is 5.41 Å². The first kappa shape index (κ1) is 12.1. The molecular weight excluding hydrogens is 168 g/mol. The van der Waals surface area contributed by atoms with Crippen molar-refractivity contribution in [3.05, 3.63) is 0 Å². The lowest BCUT2D eigenvalue weighted by Crippen LogP contribution is -2.30. The molecule has 1 atom stereocenters. The molecule has 0 aromatic rings. The van der Waals surface area contributed by atoms with Gasteiger partial charge in [0.05, 0.1) is 6.61 Å². The van der Waals surface area contributed by atoms with Crippen LogP contribution in [0.4, 0.5) is 0 Å². The van der Waals surface area contributed by atoms with Crippen molar-refractivity contribution in [2.24, 2.45) is 5.41 Å². The zero-order valence-electron chi connectivity index (χ0n) is 8.63. The molecule has 76 valence electrons. The first-order valence-corrected chi connectivity index (χ1v) is 4.74. The number of carbonyl (C=O) groups is 2. The first-order chi connectivity index (χ1) is 6.10. The third-order valence-corrected chi connectivity index (χ3v) is 2.19. The van der Waals surface area contributed by atoms with E-state index in [0.29, 0.717) is 19.3 Å². The monoisotopic (exact) mass is 186 g/mol. The Bertz CT molecular complexity index is 177. The van der Waals surface area contributed by atoms with Crippen LogP contribution >= 0.6 is 0 Å². The smallest absolute Gasteiger partial charge is 0.319 e. The summed E-state index contributed by atoms with van der Waals surface area (Å²) >= 11 is 0. The molecule has 0 aromatic carbocycles. The first-order valence-electron chi connectivity index (χ1n) is 4.74.